The van der Waals surface area contributed by atoms with Crippen molar-refractivity contribution in [3.63, 3.8) is 0 Å². The molecular weight excluding hydrogens is 336 g/mol. The smallest absolute Gasteiger partial charge is 0.318 e. The van der Waals surface area contributed by atoms with Crippen molar-refractivity contribution in [1.29, 1.82) is 0 Å². The standard InChI is InChI=1S/C15H20N2O6S/c18-14(19)10-13(16-15(20)17-6-8-23-9-7-17)24(21,22)11-12-4-2-1-3-5-12/h1-5,13H,6-11H2,(H,16,20)(H,18,19). The van der Waals surface area contributed by atoms with Gasteiger partial charge in [0.15, 0.2) is 9.84 Å². The van der Waals surface area contributed by atoms with Gasteiger partial charge in [-0.1, -0.05) is 30.3 Å². The lowest BCUT2D eigenvalue weighted by atomic mass is 10.2. The highest BCUT2D eigenvalue weighted by Crippen LogP contribution is 2.13. The predicted molar refractivity (Wildman–Crippen MR) is 86.0 cm³/mol. The van der Waals surface area contributed by atoms with Crippen LogP contribution in [0.4, 0.5) is 4.79 Å². The lowest BCUT2D eigenvalue weighted by Gasteiger charge is -2.29. The number of hydrogen-bond acceptors (Lipinski definition) is 5. The van der Waals surface area contributed by atoms with Gasteiger partial charge in [-0.05, 0) is 5.56 Å². The minimum absolute atomic E-state index is 0.338. The van der Waals surface area contributed by atoms with Crippen LogP contribution in [0, 0.1) is 0 Å². The number of carbonyl (C=O) groups is 2. The van der Waals surface area contributed by atoms with Crippen molar-refractivity contribution >= 4 is 21.8 Å². The van der Waals surface area contributed by atoms with Crippen molar-refractivity contribution in [3.8, 4) is 0 Å². The van der Waals surface area contributed by atoms with Crippen LogP contribution >= 0.6 is 0 Å². The molecule has 1 aliphatic heterocycles. The number of sulfone groups is 1. The molecule has 1 saturated heterocycles. The average Bonchev–Trinajstić information content (AvgIpc) is 2.55. The summed E-state index contributed by atoms with van der Waals surface area (Å²) in [7, 11) is -3.87. The fourth-order valence-electron chi connectivity index (χ4n) is 2.33. The van der Waals surface area contributed by atoms with Gasteiger partial charge in [0.05, 0.1) is 25.4 Å². The normalized spacial score (nSPS) is 16.4. The second-order valence-corrected chi connectivity index (χ2v) is 7.61. The Morgan fingerprint density at radius 1 is 1.21 bits per heavy atom. The molecule has 1 aromatic rings. The van der Waals surface area contributed by atoms with Gasteiger partial charge < -0.3 is 20.1 Å². The van der Waals surface area contributed by atoms with Crippen LogP contribution in [-0.4, -0.2) is 62.1 Å². The maximum Gasteiger partial charge on any atom is 0.318 e. The molecule has 0 radical (unpaired) electrons. The number of urea groups is 1. The largest absolute Gasteiger partial charge is 0.481 e. The summed E-state index contributed by atoms with van der Waals surface area (Å²) in [6.07, 6.45) is -0.689. The first-order chi connectivity index (χ1) is 11.4. The highest BCUT2D eigenvalue weighted by molar-refractivity contribution is 7.91. The van der Waals surface area contributed by atoms with E-state index in [4.69, 9.17) is 9.84 Å². The van der Waals surface area contributed by atoms with E-state index in [2.05, 4.69) is 5.32 Å². The molecule has 8 nitrogen and oxygen atoms in total. The van der Waals surface area contributed by atoms with E-state index in [0.717, 1.165) is 0 Å². The summed E-state index contributed by atoms with van der Waals surface area (Å²) in [6, 6.07) is 7.83. The molecule has 1 aliphatic rings. The third-order valence-corrected chi connectivity index (χ3v) is 5.47. The number of rotatable bonds is 6. The van der Waals surface area contributed by atoms with E-state index in [1.807, 2.05) is 0 Å². The van der Waals surface area contributed by atoms with Gasteiger partial charge >= 0.3 is 12.0 Å². The fraction of sp³-hybridized carbons (Fsp3) is 0.467. The summed E-state index contributed by atoms with van der Waals surface area (Å²) in [5, 5.41) is 9.85. The highest BCUT2D eigenvalue weighted by Gasteiger charge is 2.31. The molecule has 1 aromatic carbocycles. The quantitative estimate of drug-likeness (QED) is 0.765. The topological polar surface area (TPSA) is 113 Å². The molecular formula is C15H20N2O6S. The molecule has 0 aromatic heterocycles. The Balaban J connectivity index is 2.11. The number of hydrogen-bond donors (Lipinski definition) is 2. The number of carboxylic acid groups (broad SMARTS) is 1. The van der Waals surface area contributed by atoms with Gasteiger partial charge in [-0.3, -0.25) is 4.79 Å². The number of amides is 2. The SMILES string of the molecule is O=C(O)CC(NC(=O)N1CCOCC1)S(=O)(=O)Cc1ccccc1. The van der Waals surface area contributed by atoms with Crippen LogP contribution in [-0.2, 0) is 25.1 Å². The van der Waals surface area contributed by atoms with Crippen LogP contribution in [0.1, 0.15) is 12.0 Å². The molecule has 9 heteroatoms. The first-order valence-corrected chi connectivity index (χ1v) is 9.20. The fourth-order valence-corrected chi connectivity index (χ4v) is 3.86. The van der Waals surface area contributed by atoms with Gasteiger partial charge in [-0.25, -0.2) is 13.2 Å². The van der Waals surface area contributed by atoms with E-state index < -0.39 is 33.6 Å². The predicted octanol–water partition coefficient (Wildman–Crippen LogP) is 0.444. The summed E-state index contributed by atoms with van der Waals surface area (Å²) in [6.45, 7) is 1.41. The van der Waals surface area contributed by atoms with Crippen LogP contribution in [0.15, 0.2) is 30.3 Å². The zero-order valence-corrected chi connectivity index (χ0v) is 13.9. The molecule has 1 fully saturated rings. The molecule has 0 spiro atoms. The highest BCUT2D eigenvalue weighted by atomic mass is 32.2. The molecule has 0 saturated carbocycles. The Morgan fingerprint density at radius 3 is 2.42 bits per heavy atom. The number of ether oxygens (including phenoxy) is 1. The monoisotopic (exact) mass is 356 g/mol. The van der Waals surface area contributed by atoms with Gasteiger partial charge in [0.1, 0.15) is 5.37 Å². The molecule has 2 amide bonds. The number of nitrogens with zero attached hydrogens (tertiary/aromatic N) is 1. The van der Waals surface area contributed by atoms with Crippen molar-refractivity contribution in [2.24, 2.45) is 0 Å². The van der Waals surface area contributed by atoms with Gasteiger partial charge in [0.2, 0.25) is 0 Å². The van der Waals surface area contributed by atoms with Crippen molar-refractivity contribution < 1.29 is 27.9 Å². The summed E-state index contributed by atoms with van der Waals surface area (Å²) in [4.78, 5) is 24.6. The minimum Gasteiger partial charge on any atom is -0.481 e. The zero-order chi connectivity index (χ0) is 17.6. The van der Waals surface area contributed by atoms with Gasteiger partial charge in [0, 0.05) is 13.1 Å². The van der Waals surface area contributed by atoms with Crippen molar-refractivity contribution in [2.45, 2.75) is 17.5 Å². The lowest BCUT2D eigenvalue weighted by Crippen LogP contribution is -2.51. The third kappa shape index (κ3) is 5.20. The summed E-state index contributed by atoms with van der Waals surface area (Å²) < 4.78 is 30.2. The van der Waals surface area contributed by atoms with Gasteiger partial charge in [-0.2, -0.15) is 0 Å². The molecule has 1 unspecified atom stereocenters. The van der Waals surface area contributed by atoms with Gasteiger partial charge in [0.25, 0.3) is 0 Å². The van der Waals surface area contributed by atoms with E-state index >= 15 is 0 Å². The lowest BCUT2D eigenvalue weighted by molar-refractivity contribution is -0.137. The Hall–Kier alpha value is -2.13. The molecule has 1 heterocycles. The Labute approximate surface area is 140 Å². The Morgan fingerprint density at radius 2 is 1.83 bits per heavy atom. The molecule has 0 aliphatic carbocycles. The molecule has 24 heavy (non-hydrogen) atoms. The van der Waals surface area contributed by atoms with Crippen molar-refractivity contribution in [1.82, 2.24) is 10.2 Å². The van der Waals surface area contributed by atoms with Crippen LogP contribution < -0.4 is 5.32 Å². The van der Waals surface area contributed by atoms with Crippen molar-refractivity contribution in [2.75, 3.05) is 26.3 Å². The second-order valence-electron chi connectivity index (χ2n) is 5.43. The Bertz CT molecular complexity index is 670. The summed E-state index contributed by atoms with van der Waals surface area (Å²) >= 11 is 0. The maximum atomic E-state index is 12.5. The van der Waals surface area contributed by atoms with Crippen LogP contribution in [0.3, 0.4) is 0 Å². The molecule has 2 rings (SSSR count). The molecule has 2 N–H and O–H groups in total. The Kier molecular flexibility index (Phi) is 6.16. The van der Waals surface area contributed by atoms with E-state index in [0.29, 0.717) is 31.9 Å². The number of carbonyl (C=O) groups excluding carboxylic acids is 1. The average molecular weight is 356 g/mol. The first kappa shape index (κ1) is 18.2. The number of carboxylic acids is 1. The van der Waals surface area contributed by atoms with Crippen LogP contribution in [0.2, 0.25) is 0 Å². The number of aliphatic carboxylic acids is 1. The molecule has 1 atom stereocenters. The van der Waals surface area contributed by atoms with Crippen molar-refractivity contribution in [3.05, 3.63) is 35.9 Å². The van der Waals surface area contributed by atoms with E-state index in [1.165, 1.54) is 4.90 Å². The zero-order valence-electron chi connectivity index (χ0n) is 13.1. The third-order valence-electron chi connectivity index (χ3n) is 3.59. The van der Waals surface area contributed by atoms with Crippen LogP contribution in [0.25, 0.3) is 0 Å². The minimum atomic E-state index is -3.87. The van der Waals surface area contributed by atoms with E-state index in [-0.39, 0.29) is 5.75 Å². The second kappa shape index (κ2) is 8.11. The van der Waals surface area contributed by atoms with E-state index in [1.54, 1.807) is 30.3 Å². The first-order valence-electron chi connectivity index (χ1n) is 7.49. The molecule has 132 valence electrons. The summed E-state index contributed by atoms with van der Waals surface area (Å²) in [5.41, 5.74) is 0.536. The van der Waals surface area contributed by atoms with E-state index in [9.17, 15) is 18.0 Å². The van der Waals surface area contributed by atoms with Gasteiger partial charge in [-0.15, -0.1) is 0 Å². The number of benzene rings is 1. The number of morpholine rings is 1. The van der Waals surface area contributed by atoms with Crippen LogP contribution in [0.5, 0.6) is 0 Å². The molecule has 0 bridgehead atoms. The number of nitrogens with one attached hydrogen (secondary N) is 1. The summed E-state index contributed by atoms with van der Waals surface area (Å²) in [5.74, 6) is -1.63. The maximum absolute atomic E-state index is 12.5.